The maximum absolute atomic E-state index is 14.8. The van der Waals surface area contributed by atoms with Crippen molar-refractivity contribution in [3.05, 3.63) is 106 Å². The smallest absolute Gasteiger partial charge is 0.312 e. The molecule has 7 rings (SSSR count). The number of rotatable bonds is 6. The number of ketones is 2. The number of aliphatic hydroxyl groups excluding tert-OH is 3. The number of ether oxygens (including phenoxy) is 5. The maximum Gasteiger partial charge on any atom is 0.312 e. The predicted octanol–water partition coefficient (Wildman–Crippen LogP) is 5.85. The van der Waals surface area contributed by atoms with E-state index in [-0.39, 0.29) is 33.7 Å². The Labute approximate surface area is 376 Å². The minimum atomic E-state index is -2.11. The van der Waals surface area contributed by atoms with Crippen LogP contribution in [0, 0.1) is 30.6 Å². The molecule has 17 nitrogen and oxygen atoms in total. The molecule has 3 aliphatic heterocycles. The minimum absolute atomic E-state index is 0.00137. The van der Waals surface area contributed by atoms with Crippen molar-refractivity contribution in [3.63, 3.8) is 0 Å². The number of pyridine rings is 1. The Bertz CT molecular complexity index is 2560. The molecule has 9 atom stereocenters. The molecule has 1 aromatic heterocycles. The van der Waals surface area contributed by atoms with E-state index in [0.29, 0.717) is 17.0 Å². The summed E-state index contributed by atoms with van der Waals surface area (Å²) in [6.45, 7) is 12.3. The Morgan fingerprint density at radius 3 is 2.35 bits per heavy atom. The molecule has 0 fully saturated rings. The van der Waals surface area contributed by atoms with Gasteiger partial charge in [0.2, 0.25) is 0 Å². The number of carbonyl (C=O) groups is 4. The second-order valence-electron chi connectivity index (χ2n) is 16.8. The van der Waals surface area contributed by atoms with E-state index in [9.17, 15) is 39.6 Å². The highest BCUT2D eigenvalue weighted by Crippen LogP contribution is 2.50. The van der Waals surface area contributed by atoms with Gasteiger partial charge in [0.25, 0.3) is 11.7 Å². The van der Waals surface area contributed by atoms with Crippen LogP contribution in [0.2, 0.25) is 0 Å². The number of amides is 1. The molecule has 3 aromatic rings. The first kappa shape index (κ1) is 47.8. The number of fused-ring (bicyclic) bond motifs is 15. The van der Waals surface area contributed by atoms with Gasteiger partial charge >= 0.3 is 11.8 Å². The molecule has 65 heavy (non-hydrogen) atoms. The van der Waals surface area contributed by atoms with Crippen LogP contribution < -0.4 is 25.6 Å². The lowest BCUT2D eigenvalue weighted by atomic mass is 9.78. The van der Waals surface area contributed by atoms with E-state index in [0.717, 1.165) is 5.39 Å². The van der Waals surface area contributed by atoms with Crippen molar-refractivity contribution >= 4 is 45.8 Å². The minimum Gasteiger partial charge on any atom is -0.507 e. The third kappa shape index (κ3) is 9.30. The molecule has 1 amide bonds. The molecule has 346 valence electrons. The van der Waals surface area contributed by atoms with E-state index in [1.54, 1.807) is 71.2 Å². The normalized spacial score (nSPS) is 29.9. The highest BCUT2D eigenvalue weighted by Gasteiger charge is 2.52. The third-order valence-corrected chi connectivity index (χ3v) is 12.3. The zero-order valence-corrected chi connectivity index (χ0v) is 37.9. The van der Waals surface area contributed by atoms with E-state index in [2.05, 4.69) is 21.2 Å². The number of aromatic nitrogens is 1. The Hall–Kier alpha value is -6.69. The number of anilines is 1. The number of aromatic hydroxyl groups is 1. The van der Waals surface area contributed by atoms with Crippen LogP contribution in [0.15, 0.2) is 84.1 Å². The van der Waals surface area contributed by atoms with Crippen LogP contribution in [0.3, 0.4) is 0 Å². The molecule has 0 saturated heterocycles. The van der Waals surface area contributed by atoms with Gasteiger partial charge in [-0.25, -0.2) is 0 Å². The Morgan fingerprint density at radius 2 is 1.68 bits per heavy atom. The molecule has 17 heteroatoms. The van der Waals surface area contributed by atoms with Gasteiger partial charge in [0.1, 0.15) is 23.4 Å². The van der Waals surface area contributed by atoms with Crippen molar-refractivity contribution in [2.75, 3.05) is 19.6 Å². The largest absolute Gasteiger partial charge is 0.507 e. The van der Waals surface area contributed by atoms with Crippen LogP contribution in [0.25, 0.3) is 16.7 Å². The molecule has 5 bridgehead atoms. The number of nitrogens with zero attached hydrogens (tertiary/aromatic N) is 1. The number of hydrazine groups is 1. The maximum atomic E-state index is 14.8. The molecule has 0 saturated carbocycles. The van der Waals surface area contributed by atoms with Crippen LogP contribution in [0.1, 0.15) is 80.3 Å². The summed E-state index contributed by atoms with van der Waals surface area (Å²) in [5, 5.41) is 49.9. The molecular formula is C48H56N4O13. The second-order valence-corrected chi connectivity index (χ2v) is 16.8. The topological polar surface area (TPSA) is 244 Å². The lowest BCUT2D eigenvalue weighted by Gasteiger charge is -2.38. The van der Waals surface area contributed by atoms with Gasteiger partial charge in [-0.2, -0.15) is 0 Å². The summed E-state index contributed by atoms with van der Waals surface area (Å²) in [7, 11) is 2.96. The number of allylic oxidation sites excluding steroid dienone is 3. The quantitative estimate of drug-likeness (QED) is 0.0872. The Balaban J connectivity index is 1.47. The van der Waals surface area contributed by atoms with E-state index in [1.165, 1.54) is 65.6 Å². The number of carbonyl (C=O) groups excluding carboxylic acids is 4. The van der Waals surface area contributed by atoms with E-state index in [1.807, 2.05) is 0 Å². The molecule has 1 aliphatic carbocycles. The second kappa shape index (κ2) is 19.2. The number of esters is 1. The van der Waals surface area contributed by atoms with Crippen molar-refractivity contribution < 1.29 is 63.3 Å². The third-order valence-electron chi connectivity index (χ3n) is 12.3. The summed E-state index contributed by atoms with van der Waals surface area (Å²) in [6.07, 6.45) is 6.04. The van der Waals surface area contributed by atoms with Crippen LogP contribution in [0.5, 0.6) is 17.2 Å². The summed E-state index contributed by atoms with van der Waals surface area (Å²) in [4.78, 5) is 60.0. The number of aliphatic hydroxyl groups is 3. The molecule has 2 aromatic carbocycles. The summed E-state index contributed by atoms with van der Waals surface area (Å²) < 4.78 is 28.9. The first-order valence-corrected chi connectivity index (χ1v) is 21.1. The van der Waals surface area contributed by atoms with Crippen molar-refractivity contribution in [2.24, 2.45) is 23.7 Å². The fraction of sp³-hybridized carbons (Fsp3) is 0.396. The Kier molecular flexibility index (Phi) is 14.1. The zero-order valence-electron chi connectivity index (χ0n) is 37.9. The van der Waals surface area contributed by atoms with E-state index in [4.69, 9.17) is 23.7 Å². The van der Waals surface area contributed by atoms with Gasteiger partial charge in [-0.1, -0.05) is 45.9 Å². The highest BCUT2D eigenvalue weighted by molar-refractivity contribution is 6.25. The number of methoxy groups -OCH3 is 2. The SMILES string of the molecule is COc1ccc2ncc(NN/C=C3/C(=O)c4c5c(O)c(C)c6c4C(=O)[C@@](C)(O/C=C/[C@H](OC)[C@@H](C)[C@@H](OC(C)=O)[C@H](C)[C@H](O)[C@H](C)[C@@H](O)[C@@H](C)/C=C/C=C(/C)C(=O)NC3=C5O)O6)cc2c1. The first-order valence-electron chi connectivity index (χ1n) is 21.1. The van der Waals surface area contributed by atoms with Crippen LogP contribution in [0.4, 0.5) is 5.69 Å². The predicted molar refractivity (Wildman–Crippen MR) is 240 cm³/mol. The summed E-state index contributed by atoms with van der Waals surface area (Å²) >= 11 is 0. The fourth-order valence-corrected chi connectivity index (χ4v) is 8.37. The van der Waals surface area contributed by atoms with Gasteiger partial charge in [-0.3, -0.25) is 29.6 Å². The van der Waals surface area contributed by atoms with Gasteiger partial charge in [0.05, 0.1) is 77.0 Å². The lowest BCUT2D eigenvalue weighted by molar-refractivity contribution is -0.160. The number of nitrogens with one attached hydrogen (secondary N) is 3. The first-order chi connectivity index (χ1) is 30.7. The Morgan fingerprint density at radius 1 is 0.954 bits per heavy atom. The number of phenolic OH excluding ortho intramolecular Hbond substituents is 1. The van der Waals surface area contributed by atoms with E-state index >= 15 is 0 Å². The molecular weight excluding hydrogens is 841 g/mol. The van der Waals surface area contributed by atoms with Crippen LogP contribution in [-0.4, -0.2) is 93.3 Å². The van der Waals surface area contributed by atoms with Gasteiger partial charge in [0, 0.05) is 67.4 Å². The number of hydrogen-bond acceptors (Lipinski definition) is 16. The van der Waals surface area contributed by atoms with Crippen molar-refractivity contribution in [3.8, 4) is 17.2 Å². The molecule has 0 unspecified atom stereocenters. The van der Waals surface area contributed by atoms with Gasteiger partial charge < -0.3 is 54.9 Å². The van der Waals surface area contributed by atoms with Crippen molar-refractivity contribution in [1.82, 2.24) is 15.7 Å². The van der Waals surface area contributed by atoms with Gasteiger partial charge in [0.15, 0.2) is 11.5 Å². The average Bonchev–Trinajstić information content (AvgIpc) is 3.55. The number of Topliss-reactive ketones (excluding diaryl/α,β-unsaturated/α-hetero) is 2. The standard InChI is InChI=1S/C48H56N4O13/c1-22-12-11-13-23(2)47(60)51-38-32(21-50-52-30-18-29-19-31(61-9)14-15-33(29)49-20-30)42(57)35-36(43(38)58)41(56)27(6)45-37(35)46(59)48(8,65-45)63-17-16-34(62-10)24(3)44(64-28(7)53)26(5)40(55)25(4)39(22)54/h11-22,24-26,34,39-40,44,50,52,54-56,58H,1-10H3,(H,51,60)/b12-11+,17-16+,23-13-,32-21+/t22-,24+,25+,26+,34-,39-,40+,44+,48-/m0/s1. The lowest BCUT2D eigenvalue weighted by Crippen LogP contribution is -2.46. The van der Waals surface area contributed by atoms with Gasteiger partial charge in [-0.15, -0.1) is 0 Å². The number of hydrogen-bond donors (Lipinski definition) is 7. The van der Waals surface area contributed by atoms with E-state index < -0.39 is 100.0 Å². The van der Waals surface area contributed by atoms with Crippen molar-refractivity contribution in [2.45, 2.75) is 85.6 Å². The molecule has 7 N–H and O–H groups in total. The van der Waals surface area contributed by atoms with Crippen LogP contribution in [-0.2, 0) is 23.8 Å². The monoisotopic (exact) mass is 896 g/mol. The fourth-order valence-electron chi connectivity index (χ4n) is 8.37. The molecule has 0 radical (unpaired) electrons. The van der Waals surface area contributed by atoms with Crippen LogP contribution >= 0.6 is 0 Å². The highest BCUT2D eigenvalue weighted by atomic mass is 16.7. The number of phenols is 1. The average molecular weight is 897 g/mol. The zero-order chi connectivity index (χ0) is 47.7. The number of benzene rings is 2. The molecule has 4 aliphatic rings. The molecule has 0 spiro atoms. The summed E-state index contributed by atoms with van der Waals surface area (Å²) in [6, 6.07) is 7.13. The van der Waals surface area contributed by atoms with Crippen molar-refractivity contribution in [1.29, 1.82) is 0 Å². The molecule has 4 heterocycles. The summed E-state index contributed by atoms with van der Waals surface area (Å²) in [5.41, 5.74) is 5.24. The summed E-state index contributed by atoms with van der Waals surface area (Å²) in [5.74, 6) is -8.62. The van der Waals surface area contributed by atoms with Gasteiger partial charge in [-0.05, 0) is 44.2 Å².